The van der Waals surface area contributed by atoms with Crippen molar-refractivity contribution < 1.29 is 22.4 Å². The Hall–Kier alpha value is -1.93. The molecule has 1 aromatic carbocycles. The lowest BCUT2D eigenvalue weighted by Crippen LogP contribution is -2.22. The van der Waals surface area contributed by atoms with Crippen LogP contribution >= 0.6 is 23.1 Å². The number of nitrogens with one attached hydrogen (secondary N) is 1. The number of aryl methyl sites for hydroxylation is 1. The molecular weight excluding hydrogens is 359 g/mol. The van der Waals surface area contributed by atoms with Gasteiger partial charge in [-0.3, -0.25) is 4.79 Å². The van der Waals surface area contributed by atoms with Crippen molar-refractivity contribution in [2.45, 2.75) is 24.1 Å². The SMILES string of the molecule is Cc1c(CNC(=O)c2sccc2SC(F)F)oc2ccc(F)cc12. The van der Waals surface area contributed by atoms with Gasteiger partial charge < -0.3 is 9.73 Å². The van der Waals surface area contributed by atoms with Gasteiger partial charge in [-0.05, 0) is 36.6 Å². The number of alkyl halides is 2. The zero-order valence-electron chi connectivity index (χ0n) is 12.4. The van der Waals surface area contributed by atoms with Crippen molar-refractivity contribution in [3.05, 3.63) is 51.7 Å². The largest absolute Gasteiger partial charge is 0.459 e. The first-order valence-electron chi connectivity index (χ1n) is 6.93. The molecule has 0 aliphatic rings. The van der Waals surface area contributed by atoms with Gasteiger partial charge in [-0.2, -0.15) is 8.78 Å². The minimum absolute atomic E-state index is 0.0949. The molecule has 2 aromatic heterocycles. The molecule has 126 valence electrons. The fourth-order valence-electron chi connectivity index (χ4n) is 2.31. The van der Waals surface area contributed by atoms with E-state index in [4.69, 9.17) is 4.42 Å². The number of benzene rings is 1. The second-order valence-electron chi connectivity index (χ2n) is 4.97. The summed E-state index contributed by atoms with van der Waals surface area (Å²) in [6.07, 6.45) is 0. The third-order valence-electron chi connectivity index (χ3n) is 3.46. The van der Waals surface area contributed by atoms with Crippen LogP contribution in [-0.4, -0.2) is 11.7 Å². The Labute approximate surface area is 143 Å². The van der Waals surface area contributed by atoms with Crippen LogP contribution in [0.1, 0.15) is 21.0 Å². The van der Waals surface area contributed by atoms with Crippen LogP contribution < -0.4 is 5.32 Å². The number of halogens is 3. The average Bonchev–Trinajstić information content (AvgIpc) is 3.10. The molecule has 0 spiro atoms. The molecule has 3 nitrogen and oxygen atoms in total. The van der Waals surface area contributed by atoms with Crippen molar-refractivity contribution >= 4 is 40.0 Å². The van der Waals surface area contributed by atoms with Crippen molar-refractivity contribution in [2.75, 3.05) is 0 Å². The predicted octanol–water partition coefficient (Wildman–Crippen LogP) is 5.19. The zero-order chi connectivity index (χ0) is 17.3. The Morgan fingerprint density at radius 1 is 1.38 bits per heavy atom. The lowest BCUT2D eigenvalue weighted by Gasteiger charge is -2.05. The summed E-state index contributed by atoms with van der Waals surface area (Å²) in [5, 5.41) is 4.89. The Morgan fingerprint density at radius 2 is 2.17 bits per heavy atom. The summed E-state index contributed by atoms with van der Waals surface area (Å²) in [5.74, 6) is -2.89. The number of thiophene rings is 1. The second-order valence-corrected chi connectivity index (χ2v) is 6.91. The minimum atomic E-state index is -2.58. The monoisotopic (exact) mass is 371 g/mol. The molecule has 0 radical (unpaired) electrons. The van der Waals surface area contributed by atoms with Gasteiger partial charge in [-0.25, -0.2) is 4.39 Å². The fraction of sp³-hybridized carbons (Fsp3) is 0.188. The van der Waals surface area contributed by atoms with E-state index in [0.717, 1.165) is 16.9 Å². The van der Waals surface area contributed by atoms with Gasteiger partial charge in [0, 0.05) is 15.8 Å². The van der Waals surface area contributed by atoms with Crippen molar-refractivity contribution in [1.29, 1.82) is 0 Å². The number of furan rings is 1. The molecule has 1 N–H and O–H groups in total. The molecule has 24 heavy (non-hydrogen) atoms. The van der Waals surface area contributed by atoms with Gasteiger partial charge in [-0.15, -0.1) is 11.3 Å². The Kier molecular flexibility index (Phi) is 4.86. The molecule has 0 atom stereocenters. The van der Waals surface area contributed by atoms with Crippen LogP contribution in [0.25, 0.3) is 11.0 Å². The average molecular weight is 371 g/mol. The maximum Gasteiger partial charge on any atom is 0.288 e. The number of carbonyl (C=O) groups excluding carboxylic acids is 1. The van der Waals surface area contributed by atoms with Crippen LogP contribution in [0.15, 0.2) is 39.0 Å². The highest BCUT2D eigenvalue weighted by atomic mass is 32.2. The van der Waals surface area contributed by atoms with E-state index in [1.165, 1.54) is 24.3 Å². The van der Waals surface area contributed by atoms with Gasteiger partial charge in [0.1, 0.15) is 22.0 Å². The van der Waals surface area contributed by atoms with Gasteiger partial charge in [0.15, 0.2) is 0 Å². The van der Waals surface area contributed by atoms with E-state index in [0.29, 0.717) is 28.5 Å². The predicted molar refractivity (Wildman–Crippen MR) is 88.3 cm³/mol. The van der Waals surface area contributed by atoms with Crippen LogP contribution in [0.4, 0.5) is 13.2 Å². The van der Waals surface area contributed by atoms with Gasteiger partial charge >= 0.3 is 0 Å². The molecule has 0 aliphatic carbocycles. The molecule has 1 amide bonds. The Balaban J connectivity index is 1.75. The van der Waals surface area contributed by atoms with Crippen LogP contribution in [0.3, 0.4) is 0 Å². The van der Waals surface area contributed by atoms with Crippen LogP contribution in [0, 0.1) is 12.7 Å². The number of amides is 1. The summed E-state index contributed by atoms with van der Waals surface area (Å²) in [5.41, 5.74) is 1.27. The van der Waals surface area contributed by atoms with E-state index in [2.05, 4.69) is 5.32 Å². The summed E-state index contributed by atoms with van der Waals surface area (Å²) in [7, 11) is 0. The van der Waals surface area contributed by atoms with Gasteiger partial charge in [0.25, 0.3) is 11.7 Å². The molecule has 0 saturated heterocycles. The van der Waals surface area contributed by atoms with E-state index in [9.17, 15) is 18.0 Å². The molecule has 0 fully saturated rings. The summed E-state index contributed by atoms with van der Waals surface area (Å²) in [4.78, 5) is 12.7. The van der Waals surface area contributed by atoms with Gasteiger partial charge in [-0.1, -0.05) is 11.8 Å². The second kappa shape index (κ2) is 6.90. The summed E-state index contributed by atoms with van der Waals surface area (Å²) >= 11 is 1.44. The number of thioether (sulfide) groups is 1. The highest BCUT2D eigenvalue weighted by molar-refractivity contribution is 7.99. The first-order chi connectivity index (χ1) is 11.5. The maximum atomic E-state index is 13.3. The first-order valence-corrected chi connectivity index (χ1v) is 8.69. The van der Waals surface area contributed by atoms with Crippen molar-refractivity contribution in [2.24, 2.45) is 0 Å². The standard InChI is InChI=1S/C16H12F3NO2S2/c1-8-10-6-9(17)2-3-11(10)22-12(8)7-20-15(21)14-13(4-5-23-14)24-16(18)19/h2-6,16H,7H2,1H3,(H,20,21). The smallest absolute Gasteiger partial charge is 0.288 e. The molecule has 0 saturated carbocycles. The van der Waals surface area contributed by atoms with E-state index < -0.39 is 11.7 Å². The highest BCUT2D eigenvalue weighted by Crippen LogP contribution is 2.32. The first kappa shape index (κ1) is 16.9. The summed E-state index contributed by atoms with van der Waals surface area (Å²) < 4.78 is 43.9. The summed E-state index contributed by atoms with van der Waals surface area (Å²) in [6.45, 7) is 1.87. The normalized spacial score (nSPS) is 11.4. The molecule has 0 bridgehead atoms. The van der Waals surface area contributed by atoms with E-state index in [-0.39, 0.29) is 22.1 Å². The Bertz CT molecular complexity index is 889. The Morgan fingerprint density at radius 3 is 2.92 bits per heavy atom. The molecule has 0 aliphatic heterocycles. The van der Waals surface area contributed by atoms with Gasteiger partial charge in [0.2, 0.25) is 0 Å². The summed E-state index contributed by atoms with van der Waals surface area (Å²) in [6, 6.07) is 5.69. The number of hydrogen-bond acceptors (Lipinski definition) is 4. The van der Waals surface area contributed by atoms with Crippen LogP contribution in [0.2, 0.25) is 0 Å². The molecule has 8 heteroatoms. The van der Waals surface area contributed by atoms with Crippen molar-refractivity contribution in [3.63, 3.8) is 0 Å². The van der Waals surface area contributed by atoms with Crippen molar-refractivity contribution in [1.82, 2.24) is 5.32 Å². The maximum absolute atomic E-state index is 13.3. The minimum Gasteiger partial charge on any atom is -0.459 e. The van der Waals surface area contributed by atoms with Crippen LogP contribution in [0.5, 0.6) is 0 Å². The molecule has 0 unspecified atom stereocenters. The van der Waals surface area contributed by atoms with E-state index in [1.807, 2.05) is 0 Å². The lowest BCUT2D eigenvalue weighted by atomic mass is 10.1. The van der Waals surface area contributed by atoms with E-state index in [1.54, 1.807) is 12.3 Å². The number of fused-ring (bicyclic) bond motifs is 1. The number of rotatable bonds is 5. The quantitative estimate of drug-likeness (QED) is 0.628. The molecule has 3 aromatic rings. The van der Waals surface area contributed by atoms with E-state index >= 15 is 0 Å². The van der Waals surface area contributed by atoms with Gasteiger partial charge in [0.05, 0.1) is 6.54 Å². The fourth-order valence-corrected chi connectivity index (χ4v) is 3.92. The lowest BCUT2D eigenvalue weighted by molar-refractivity contribution is 0.0949. The highest BCUT2D eigenvalue weighted by Gasteiger charge is 2.18. The molecule has 2 heterocycles. The third-order valence-corrected chi connectivity index (χ3v) is 5.27. The molecular formula is C16H12F3NO2S2. The number of hydrogen-bond donors (Lipinski definition) is 1. The topological polar surface area (TPSA) is 42.2 Å². The molecule has 3 rings (SSSR count). The van der Waals surface area contributed by atoms with Crippen LogP contribution in [-0.2, 0) is 6.54 Å². The number of carbonyl (C=O) groups is 1. The zero-order valence-corrected chi connectivity index (χ0v) is 14.1. The third kappa shape index (κ3) is 3.44. The van der Waals surface area contributed by atoms with Crippen molar-refractivity contribution in [3.8, 4) is 0 Å².